The molecule has 1 aromatic heterocycles. The van der Waals surface area contributed by atoms with Gasteiger partial charge in [-0.25, -0.2) is 0 Å². The number of methoxy groups -OCH3 is 1. The Balaban J connectivity index is 2.54. The van der Waals surface area contributed by atoms with Crippen LogP contribution in [-0.4, -0.2) is 12.9 Å². The molecule has 1 heterocycles. The number of ketones is 1. The lowest BCUT2D eigenvalue weighted by atomic mass is 9.98. The van der Waals surface area contributed by atoms with Crippen LogP contribution in [0.3, 0.4) is 0 Å². The molecule has 18 heavy (non-hydrogen) atoms. The summed E-state index contributed by atoms with van der Waals surface area (Å²) in [6.07, 6.45) is 0. The first-order valence-electron chi connectivity index (χ1n) is 5.47. The Labute approximate surface area is 124 Å². The molecule has 0 atom stereocenters. The fourth-order valence-electron chi connectivity index (χ4n) is 1.95. The van der Waals surface area contributed by atoms with Gasteiger partial charge in [0.25, 0.3) is 0 Å². The van der Waals surface area contributed by atoms with Crippen molar-refractivity contribution in [1.82, 2.24) is 0 Å². The second-order valence-electron chi connectivity index (χ2n) is 4.13. The topological polar surface area (TPSA) is 26.3 Å². The standard InChI is InChI=1S/C14H13IO2S/c1-8-4-9(2)13(11(5-8)17-3)14(16)10-6-12(15)18-7-10/h4-7H,1-3H3. The Morgan fingerprint density at radius 2 is 2.00 bits per heavy atom. The van der Waals surface area contributed by atoms with E-state index in [0.717, 1.165) is 19.6 Å². The summed E-state index contributed by atoms with van der Waals surface area (Å²) < 4.78 is 6.45. The lowest BCUT2D eigenvalue weighted by molar-refractivity contribution is 0.103. The van der Waals surface area contributed by atoms with E-state index in [-0.39, 0.29) is 5.78 Å². The van der Waals surface area contributed by atoms with Gasteiger partial charge in [-0.1, -0.05) is 6.07 Å². The maximum atomic E-state index is 12.5. The van der Waals surface area contributed by atoms with Crippen LogP contribution in [0.5, 0.6) is 5.75 Å². The van der Waals surface area contributed by atoms with E-state index in [1.807, 2.05) is 37.4 Å². The van der Waals surface area contributed by atoms with Crippen LogP contribution in [0.25, 0.3) is 0 Å². The third kappa shape index (κ3) is 2.59. The fraction of sp³-hybridized carbons (Fsp3) is 0.214. The number of hydrogen-bond donors (Lipinski definition) is 0. The zero-order valence-corrected chi connectivity index (χ0v) is 13.4. The zero-order valence-electron chi connectivity index (χ0n) is 10.4. The molecule has 0 unspecified atom stereocenters. The third-order valence-corrected chi connectivity index (χ3v) is 4.51. The predicted octanol–water partition coefficient (Wildman–Crippen LogP) is 4.21. The van der Waals surface area contributed by atoms with Crippen molar-refractivity contribution in [3.8, 4) is 5.75 Å². The highest BCUT2D eigenvalue weighted by molar-refractivity contribution is 14.1. The number of benzene rings is 1. The molecule has 0 N–H and O–H groups in total. The van der Waals surface area contributed by atoms with Gasteiger partial charge in [0.2, 0.25) is 0 Å². The average molecular weight is 372 g/mol. The number of ether oxygens (including phenoxy) is 1. The highest BCUT2D eigenvalue weighted by Crippen LogP contribution is 2.28. The smallest absolute Gasteiger partial charge is 0.197 e. The van der Waals surface area contributed by atoms with E-state index in [4.69, 9.17) is 4.74 Å². The third-order valence-electron chi connectivity index (χ3n) is 2.72. The lowest BCUT2D eigenvalue weighted by Gasteiger charge is -2.11. The molecule has 2 rings (SSSR count). The molecule has 0 amide bonds. The number of hydrogen-bond acceptors (Lipinski definition) is 3. The number of rotatable bonds is 3. The summed E-state index contributed by atoms with van der Waals surface area (Å²) in [6, 6.07) is 5.82. The lowest BCUT2D eigenvalue weighted by Crippen LogP contribution is -2.06. The van der Waals surface area contributed by atoms with Gasteiger partial charge in [-0.15, -0.1) is 11.3 Å². The zero-order chi connectivity index (χ0) is 13.3. The Bertz CT molecular complexity index is 602. The molecule has 0 saturated carbocycles. The highest BCUT2D eigenvalue weighted by Gasteiger charge is 2.18. The van der Waals surface area contributed by atoms with Crippen LogP contribution in [0.15, 0.2) is 23.6 Å². The maximum absolute atomic E-state index is 12.5. The fourth-order valence-corrected chi connectivity index (χ4v) is 3.28. The molecular weight excluding hydrogens is 359 g/mol. The normalized spacial score (nSPS) is 10.4. The van der Waals surface area contributed by atoms with E-state index in [1.54, 1.807) is 18.4 Å². The molecule has 0 fully saturated rings. The molecular formula is C14H13IO2S. The summed E-state index contributed by atoms with van der Waals surface area (Å²) in [4.78, 5) is 12.5. The number of halogens is 1. The number of carbonyl (C=O) groups excluding carboxylic acids is 1. The second kappa shape index (κ2) is 5.40. The maximum Gasteiger partial charge on any atom is 0.197 e. The highest BCUT2D eigenvalue weighted by atomic mass is 127. The van der Waals surface area contributed by atoms with Crippen molar-refractivity contribution < 1.29 is 9.53 Å². The van der Waals surface area contributed by atoms with Crippen LogP contribution in [-0.2, 0) is 0 Å². The minimum atomic E-state index is 0.0310. The molecule has 0 aliphatic carbocycles. The predicted molar refractivity (Wildman–Crippen MR) is 82.9 cm³/mol. The Kier molecular flexibility index (Phi) is 4.07. The van der Waals surface area contributed by atoms with Crippen molar-refractivity contribution in [1.29, 1.82) is 0 Å². The molecule has 4 heteroatoms. The van der Waals surface area contributed by atoms with E-state index in [0.29, 0.717) is 11.3 Å². The molecule has 1 aromatic carbocycles. The summed E-state index contributed by atoms with van der Waals surface area (Å²) in [5.74, 6) is 0.683. The van der Waals surface area contributed by atoms with Crippen LogP contribution < -0.4 is 4.74 Å². The van der Waals surface area contributed by atoms with Crippen molar-refractivity contribution in [3.05, 3.63) is 48.7 Å². The first kappa shape index (κ1) is 13.5. The number of aryl methyl sites for hydroxylation is 2. The molecule has 94 valence electrons. The van der Waals surface area contributed by atoms with Crippen LogP contribution in [0.4, 0.5) is 0 Å². The quantitative estimate of drug-likeness (QED) is 0.596. The van der Waals surface area contributed by atoms with Gasteiger partial charge in [-0.05, 0) is 59.7 Å². The minimum absolute atomic E-state index is 0.0310. The molecule has 0 aliphatic rings. The summed E-state index contributed by atoms with van der Waals surface area (Å²) in [5.41, 5.74) is 3.45. The van der Waals surface area contributed by atoms with Gasteiger partial charge in [0.05, 0.1) is 15.6 Å². The largest absolute Gasteiger partial charge is 0.496 e. The van der Waals surface area contributed by atoms with Crippen molar-refractivity contribution in [2.45, 2.75) is 13.8 Å². The summed E-state index contributed by atoms with van der Waals surface area (Å²) in [7, 11) is 1.60. The SMILES string of the molecule is COc1cc(C)cc(C)c1C(=O)c1csc(I)c1. The number of thiophene rings is 1. The Morgan fingerprint density at radius 1 is 1.28 bits per heavy atom. The summed E-state index contributed by atoms with van der Waals surface area (Å²) in [5, 5.41) is 1.89. The van der Waals surface area contributed by atoms with Gasteiger partial charge >= 0.3 is 0 Å². The van der Waals surface area contributed by atoms with Crippen molar-refractivity contribution >= 4 is 39.7 Å². The second-order valence-corrected chi connectivity index (χ2v) is 6.93. The average Bonchev–Trinajstić information content (AvgIpc) is 2.74. The minimum Gasteiger partial charge on any atom is -0.496 e. The van der Waals surface area contributed by atoms with E-state index in [9.17, 15) is 4.79 Å². The van der Waals surface area contributed by atoms with Gasteiger partial charge in [0.15, 0.2) is 5.78 Å². The van der Waals surface area contributed by atoms with Gasteiger partial charge < -0.3 is 4.74 Å². The van der Waals surface area contributed by atoms with E-state index >= 15 is 0 Å². The first-order chi connectivity index (χ1) is 8.52. The van der Waals surface area contributed by atoms with Crippen LogP contribution in [0, 0.1) is 16.7 Å². The van der Waals surface area contributed by atoms with E-state index in [2.05, 4.69) is 22.6 Å². The van der Waals surface area contributed by atoms with Gasteiger partial charge in [0.1, 0.15) is 5.75 Å². The first-order valence-corrected chi connectivity index (χ1v) is 7.42. The molecule has 2 aromatic rings. The van der Waals surface area contributed by atoms with Crippen LogP contribution in [0.2, 0.25) is 0 Å². The Morgan fingerprint density at radius 3 is 2.56 bits per heavy atom. The molecule has 0 radical (unpaired) electrons. The van der Waals surface area contributed by atoms with Crippen LogP contribution >= 0.6 is 33.9 Å². The van der Waals surface area contributed by atoms with Crippen molar-refractivity contribution in [2.75, 3.05) is 7.11 Å². The molecule has 0 saturated heterocycles. The molecule has 0 bridgehead atoms. The van der Waals surface area contributed by atoms with Crippen molar-refractivity contribution in [2.24, 2.45) is 0 Å². The van der Waals surface area contributed by atoms with Gasteiger partial charge in [-0.3, -0.25) is 4.79 Å². The summed E-state index contributed by atoms with van der Waals surface area (Å²) in [6.45, 7) is 3.94. The van der Waals surface area contributed by atoms with Crippen molar-refractivity contribution in [3.63, 3.8) is 0 Å². The molecule has 2 nitrogen and oxygen atoms in total. The number of carbonyl (C=O) groups is 1. The molecule has 0 spiro atoms. The van der Waals surface area contributed by atoms with E-state index in [1.165, 1.54) is 0 Å². The van der Waals surface area contributed by atoms with Gasteiger partial charge in [0, 0.05) is 10.9 Å². The monoisotopic (exact) mass is 372 g/mol. The summed E-state index contributed by atoms with van der Waals surface area (Å²) >= 11 is 3.80. The van der Waals surface area contributed by atoms with E-state index < -0.39 is 0 Å². The van der Waals surface area contributed by atoms with Crippen LogP contribution in [0.1, 0.15) is 27.0 Å². The van der Waals surface area contributed by atoms with Gasteiger partial charge in [-0.2, -0.15) is 0 Å². The Hall–Kier alpha value is -0.880. The molecule has 0 aliphatic heterocycles.